The second kappa shape index (κ2) is 6.53. The van der Waals surface area contributed by atoms with E-state index < -0.39 is 0 Å². The fraction of sp³-hybridized carbons (Fsp3) is 0.588. The highest BCUT2D eigenvalue weighted by Crippen LogP contribution is 2.28. The molecular weight excluding hydrogens is 308 g/mol. The molecule has 0 aliphatic heterocycles. The van der Waals surface area contributed by atoms with Crippen LogP contribution in [0, 0.1) is 0 Å². The number of rotatable bonds is 4. The van der Waals surface area contributed by atoms with Gasteiger partial charge in [0.25, 0.3) is 5.56 Å². The lowest BCUT2D eigenvalue weighted by Crippen LogP contribution is -2.36. The van der Waals surface area contributed by atoms with Crippen molar-refractivity contribution in [1.29, 1.82) is 0 Å². The molecule has 1 saturated carbocycles. The van der Waals surface area contributed by atoms with Crippen LogP contribution in [0.5, 0.6) is 0 Å². The van der Waals surface area contributed by atoms with Gasteiger partial charge in [-0.1, -0.05) is 0 Å². The van der Waals surface area contributed by atoms with Crippen LogP contribution < -0.4 is 10.9 Å². The molecular formula is C17H22N4OS. The Labute approximate surface area is 139 Å². The van der Waals surface area contributed by atoms with Crippen LogP contribution in [0.1, 0.15) is 54.4 Å². The van der Waals surface area contributed by atoms with Crippen LogP contribution in [0.15, 0.2) is 22.4 Å². The lowest BCUT2D eigenvalue weighted by molar-refractivity contribution is 0.267. The van der Waals surface area contributed by atoms with Crippen molar-refractivity contribution in [3.8, 4) is 0 Å². The highest BCUT2D eigenvalue weighted by Gasteiger charge is 2.25. The molecule has 2 aliphatic rings. The van der Waals surface area contributed by atoms with E-state index in [-0.39, 0.29) is 11.6 Å². The van der Waals surface area contributed by atoms with E-state index >= 15 is 0 Å². The first kappa shape index (κ1) is 15.0. The van der Waals surface area contributed by atoms with Crippen LogP contribution in [0.4, 0.5) is 0 Å². The fourth-order valence-electron chi connectivity index (χ4n) is 3.77. The van der Waals surface area contributed by atoms with Crippen molar-refractivity contribution in [3.63, 3.8) is 0 Å². The molecule has 1 N–H and O–H groups in total. The predicted molar refractivity (Wildman–Crippen MR) is 90.8 cm³/mol. The monoisotopic (exact) mass is 330 g/mol. The maximum atomic E-state index is 12.3. The van der Waals surface area contributed by atoms with Gasteiger partial charge in [0.2, 0.25) is 0 Å². The van der Waals surface area contributed by atoms with Gasteiger partial charge in [0.1, 0.15) is 5.01 Å². The van der Waals surface area contributed by atoms with Gasteiger partial charge in [-0.05, 0) is 50.5 Å². The second-order valence-electron chi connectivity index (χ2n) is 6.56. The van der Waals surface area contributed by atoms with Crippen molar-refractivity contribution in [1.82, 2.24) is 20.1 Å². The highest BCUT2D eigenvalue weighted by molar-refractivity contribution is 7.09. The molecule has 2 aliphatic carbocycles. The van der Waals surface area contributed by atoms with E-state index in [1.54, 1.807) is 16.0 Å². The van der Waals surface area contributed by atoms with Gasteiger partial charge >= 0.3 is 0 Å². The summed E-state index contributed by atoms with van der Waals surface area (Å²) in [4.78, 5) is 16.6. The molecule has 6 heteroatoms. The van der Waals surface area contributed by atoms with Gasteiger partial charge in [-0.3, -0.25) is 4.79 Å². The Morgan fingerprint density at radius 3 is 2.91 bits per heavy atom. The van der Waals surface area contributed by atoms with Crippen molar-refractivity contribution in [2.24, 2.45) is 0 Å². The Hall–Kier alpha value is -1.53. The molecule has 5 nitrogen and oxygen atoms in total. The zero-order valence-electron chi connectivity index (χ0n) is 13.2. The van der Waals surface area contributed by atoms with Crippen molar-refractivity contribution in [2.75, 3.05) is 0 Å². The summed E-state index contributed by atoms with van der Waals surface area (Å²) in [6.45, 7) is 0.851. The number of hydrogen-bond donors (Lipinski definition) is 1. The Kier molecular flexibility index (Phi) is 4.27. The third kappa shape index (κ3) is 3.23. The minimum absolute atomic E-state index is 0.0878. The summed E-state index contributed by atoms with van der Waals surface area (Å²) in [5.74, 6) is 0. The maximum absolute atomic E-state index is 12.3. The Bertz CT molecular complexity index is 717. The lowest BCUT2D eigenvalue weighted by Gasteiger charge is -2.29. The summed E-state index contributed by atoms with van der Waals surface area (Å²) in [5, 5.41) is 11.4. The molecule has 0 unspecified atom stereocenters. The first-order valence-corrected chi connectivity index (χ1v) is 9.41. The van der Waals surface area contributed by atoms with Gasteiger partial charge in [0.15, 0.2) is 0 Å². The number of thiazole rings is 1. The van der Waals surface area contributed by atoms with E-state index in [9.17, 15) is 4.79 Å². The van der Waals surface area contributed by atoms with Crippen molar-refractivity contribution < 1.29 is 0 Å². The molecule has 0 amide bonds. The zero-order valence-corrected chi connectivity index (χ0v) is 14.0. The summed E-state index contributed by atoms with van der Waals surface area (Å²) in [5.41, 5.74) is 2.41. The molecule has 122 valence electrons. The molecule has 2 aromatic heterocycles. The molecule has 4 rings (SSSR count). The van der Waals surface area contributed by atoms with E-state index in [1.165, 1.54) is 5.56 Å². The van der Waals surface area contributed by atoms with Gasteiger partial charge in [-0.25, -0.2) is 9.67 Å². The zero-order chi connectivity index (χ0) is 15.6. The molecule has 2 heterocycles. The summed E-state index contributed by atoms with van der Waals surface area (Å²) >= 11 is 1.69. The largest absolute Gasteiger partial charge is 0.308 e. The molecule has 1 fully saturated rings. The van der Waals surface area contributed by atoms with Crippen LogP contribution in [-0.4, -0.2) is 20.8 Å². The summed E-state index contributed by atoms with van der Waals surface area (Å²) in [6, 6.07) is 2.62. The number of aryl methyl sites for hydroxylation is 2. The molecule has 0 radical (unpaired) electrons. The summed E-state index contributed by atoms with van der Waals surface area (Å²) < 4.78 is 1.77. The topological polar surface area (TPSA) is 59.8 Å². The predicted octanol–water partition coefficient (Wildman–Crippen LogP) is 2.46. The second-order valence-corrected chi connectivity index (χ2v) is 7.54. The highest BCUT2D eigenvalue weighted by atomic mass is 32.1. The van der Waals surface area contributed by atoms with E-state index in [2.05, 4.69) is 15.4 Å². The van der Waals surface area contributed by atoms with Gasteiger partial charge in [0.05, 0.1) is 11.7 Å². The molecule has 0 aromatic carbocycles. The van der Waals surface area contributed by atoms with Crippen LogP contribution in [0.25, 0.3) is 0 Å². The Morgan fingerprint density at radius 2 is 2.13 bits per heavy atom. The molecule has 0 bridgehead atoms. The molecule has 2 aromatic rings. The lowest BCUT2D eigenvalue weighted by atomic mass is 9.91. The number of nitrogens with zero attached hydrogens (tertiary/aromatic N) is 3. The minimum atomic E-state index is 0.0878. The average molecular weight is 330 g/mol. The first-order valence-electron chi connectivity index (χ1n) is 8.53. The average Bonchev–Trinajstić information content (AvgIpc) is 3.24. The van der Waals surface area contributed by atoms with Crippen LogP contribution in [-0.2, 0) is 19.4 Å². The fourth-order valence-corrected chi connectivity index (χ4v) is 4.34. The number of aromatic nitrogens is 3. The normalized spacial score (nSPS) is 23.8. The van der Waals surface area contributed by atoms with Crippen LogP contribution >= 0.6 is 11.3 Å². The van der Waals surface area contributed by atoms with Crippen molar-refractivity contribution in [3.05, 3.63) is 44.3 Å². The van der Waals surface area contributed by atoms with E-state index in [0.717, 1.165) is 62.2 Å². The number of hydrogen-bond acceptors (Lipinski definition) is 5. The first-order chi connectivity index (χ1) is 11.3. The van der Waals surface area contributed by atoms with E-state index in [0.29, 0.717) is 6.04 Å². The van der Waals surface area contributed by atoms with Crippen molar-refractivity contribution >= 4 is 11.3 Å². The maximum Gasteiger partial charge on any atom is 0.267 e. The molecule has 0 spiro atoms. The standard InChI is InChI=1S/C17H22N4OS/c22-17-10-12-2-1-3-15(12)20-21(17)14-6-4-13(5-7-14)19-11-16-18-8-9-23-16/h8-10,13-14,19H,1-7,11H2. The van der Waals surface area contributed by atoms with Crippen molar-refractivity contribution in [2.45, 2.75) is 63.6 Å². The van der Waals surface area contributed by atoms with E-state index in [1.807, 2.05) is 17.6 Å². The molecule has 23 heavy (non-hydrogen) atoms. The Morgan fingerprint density at radius 1 is 1.26 bits per heavy atom. The molecule has 0 saturated heterocycles. The number of nitrogens with one attached hydrogen (secondary N) is 1. The van der Waals surface area contributed by atoms with Crippen LogP contribution in [0.3, 0.4) is 0 Å². The SMILES string of the molecule is O=c1cc2c(nn1C1CCC(NCc3nccs3)CC1)CCC2. The van der Waals surface area contributed by atoms with Gasteiger partial charge in [-0.2, -0.15) is 5.10 Å². The summed E-state index contributed by atoms with van der Waals surface area (Å²) in [6.07, 6.45) is 9.29. The Balaban J connectivity index is 1.37. The van der Waals surface area contributed by atoms with Gasteiger partial charge in [0, 0.05) is 30.2 Å². The van der Waals surface area contributed by atoms with Gasteiger partial charge < -0.3 is 5.32 Å². The van der Waals surface area contributed by atoms with Gasteiger partial charge in [-0.15, -0.1) is 11.3 Å². The van der Waals surface area contributed by atoms with Crippen LogP contribution in [0.2, 0.25) is 0 Å². The quantitative estimate of drug-likeness (QED) is 0.935. The molecule has 0 atom stereocenters. The smallest absolute Gasteiger partial charge is 0.267 e. The third-order valence-electron chi connectivity index (χ3n) is 5.05. The van der Waals surface area contributed by atoms with E-state index in [4.69, 9.17) is 0 Å². The summed E-state index contributed by atoms with van der Waals surface area (Å²) in [7, 11) is 0. The minimum Gasteiger partial charge on any atom is -0.308 e. The number of fused-ring (bicyclic) bond motifs is 1. The third-order valence-corrected chi connectivity index (χ3v) is 5.83.